The van der Waals surface area contributed by atoms with Gasteiger partial charge in [-0.3, -0.25) is 0 Å². The average molecular weight is 197 g/mol. The van der Waals surface area contributed by atoms with Crippen molar-refractivity contribution in [3.05, 3.63) is 12.0 Å². The predicted molar refractivity (Wildman–Crippen MR) is 54.0 cm³/mol. The second kappa shape index (κ2) is 5.23. The molecule has 0 unspecified atom stereocenters. The van der Waals surface area contributed by atoms with Crippen molar-refractivity contribution in [2.45, 2.75) is 19.3 Å². The molecular formula is C8H15N5O. The second-order valence-electron chi connectivity index (χ2n) is 2.90. The molecule has 0 spiro atoms. The fourth-order valence-electron chi connectivity index (χ4n) is 1.02. The lowest BCUT2D eigenvalue weighted by atomic mass is 10.2. The van der Waals surface area contributed by atoms with Crippen molar-refractivity contribution < 1.29 is 4.42 Å². The van der Waals surface area contributed by atoms with E-state index in [9.17, 15) is 0 Å². The molecule has 78 valence electrons. The van der Waals surface area contributed by atoms with Gasteiger partial charge in [-0.1, -0.05) is 0 Å². The van der Waals surface area contributed by atoms with Gasteiger partial charge in [-0.25, -0.2) is 0 Å². The first kappa shape index (κ1) is 10.5. The monoisotopic (exact) mass is 197 g/mol. The Kier molecular flexibility index (Phi) is 3.93. The molecule has 6 heteroatoms. The van der Waals surface area contributed by atoms with Crippen LogP contribution in [0.25, 0.3) is 0 Å². The Morgan fingerprint density at radius 1 is 1.43 bits per heavy atom. The van der Waals surface area contributed by atoms with Gasteiger partial charge >= 0.3 is 6.01 Å². The van der Waals surface area contributed by atoms with E-state index in [2.05, 4.69) is 9.98 Å². The number of guanidine groups is 1. The zero-order chi connectivity index (χ0) is 10.4. The Hall–Kier alpha value is -1.56. The standard InChI is InChI=1S/C8H15N5O/c9-4-2-1-3-6-5-14-8(12-6)13-7(10)11/h5H,1-4,9H2,(H4,10,11,12,13). The van der Waals surface area contributed by atoms with Crippen LogP contribution in [0.4, 0.5) is 6.01 Å². The highest BCUT2D eigenvalue weighted by atomic mass is 16.4. The zero-order valence-electron chi connectivity index (χ0n) is 7.94. The second-order valence-corrected chi connectivity index (χ2v) is 2.90. The van der Waals surface area contributed by atoms with Gasteiger partial charge in [0.2, 0.25) is 0 Å². The van der Waals surface area contributed by atoms with Gasteiger partial charge in [0.15, 0.2) is 5.96 Å². The number of nitrogens with zero attached hydrogens (tertiary/aromatic N) is 2. The van der Waals surface area contributed by atoms with Gasteiger partial charge in [-0.05, 0) is 25.8 Å². The first-order chi connectivity index (χ1) is 6.72. The van der Waals surface area contributed by atoms with Gasteiger partial charge in [0.25, 0.3) is 0 Å². The highest BCUT2D eigenvalue weighted by molar-refractivity contribution is 5.77. The Morgan fingerprint density at radius 3 is 2.86 bits per heavy atom. The minimum absolute atomic E-state index is 0.0552. The van der Waals surface area contributed by atoms with Crippen molar-refractivity contribution in [3.63, 3.8) is 0 Å². The van der Waals surface area contributed by atoms with E-state index >= 15 is 0 Å². The zero-order valence-corrected chi connectivity index (χ0v) is 7.94. The summed E-state index contributed by atoms with van der Waals surface area (Å²) >= 11 is 0. The van der Waals surface area contributed by atoms with Crippen LogP contribution in [0.15, 0.2) is 15.7 Å². The van der Waals surface area contributed by atoms with E-state index in [-0.39, 0.29) is 12.0 Å². The van der Waals surface area contributed by atoms with E-state index in [1.54, 1.807) is 6.26 Å². The Balaban J connectivity index is 2.47. The minimum atomic E-state index is -0.0552. The van der Waals surface area contributed by atoms with Crippen molar-refractivity contribution in [2.24, 2.45) is 22.2 Å². The van der Waals surface area contributed by atoms with Gasteiger partial charge in [-0.2, -0.15) is 9.98 Å². The molecule has 6 nitrogen and oxygen atoms in total. The van der Waals surface area contributed by atoms with Crippen LogP contribution in [-0.4, -0.2) is 17.5 Å². The first-order valence-corrected chi connectivity index (χ1v) is 4.46. The number of aliphatic imine (C=N–C) groups is 1. The Morgan fingerprint density at radius 2 is 2.21 bits per heavy atom. The van der Waals surface area contributed by atoms with E-state index in [1.165, 1.54) is 0 Å². The van der Waals surface area contributed by atoms with Crippen molar-refractivity contribution in [1.29, 1.82) is 0 Å². The fraction of sp³-hybridized carbons (Fsp3) is 0.500. The number of rotatable bonds is 5. The molecule has 0 radical (unpaired) electrons. The van der Waals surface area contributed by atoms with Gasteiger partial charge in [0.1, 0.15) is 6.26 Å². The lowest BCUT2D eigenvalue weighted by Gasteiger charge is -1.92. The van der Waals surface area contributed by atoms with Crippen LogP contribution in [0, 0.1) is 0 Å². The molecule has 1 aromatic rings. The van der Waals surface area contributed by atoms with Gasteiger partial charge in [0.05, 0.1) is 5.69 Å². The molecule has 0 saturated heterocycles. The number of aromatic nitrogens is 1. The molecule has 14 heavy (non-hydrogen) atoms. The molecule has 0 fully saturated rings. The summed E-state index contributed by atoms with van der Waals surface area (Å²) in [6, 6.07) is 0.202. The maximum absolute atomic E-state index is 5.37. The minimum Gasteiger partial charge on any atom is -0.430 e. The highest BCUT2D eigenvalue weighted by Gasteiger charge is 2.02. The molecule has 0 aromatic carbocycles. The third kappa shape index (κ3) is 3.44. The third-order valence-corrected chi connectivity index (χ3v) is 1.65. The van der Waals surface area contributed by atoms with Gasteiger partial charge in [0, 0.05) is 0 Å². The van der Waals surface area contributed by atoms with E-state index in [0.29, 0.717) is 6.54 Å². The lowest BCUT2D eigenvalue weighted by Crippen LogP contribution is -2.21. The highest BCUT2D eigenvalue weighted by Crippen LogP contribution is 2.12. The van der Waals surface area contributed by atoms with E-state index in [1.807, 2.05) is 0 Å². The maximum atomic E-state index is 5.37. The van der Waals surface area contributed by atoms with Crippen molar-refractivity contribution in [3.8, 4) is 0 Å². The summed E-state index contributed by atoms with van der Waals surface area (Å²) in [5.74, 6) is -0.0552. The molecule has 1 rings (SSSR count). The molecule has 0 bridgehead atoms. The smallest absolute Gasteiger partial charge is 0.325 e. The summed E-state index contributed by atoms with van der Waals surface area (Å²) < 4.78 is 5.02. The summed E-state index contributed by atoms with van der Waals surface area (Å²) in [6.07, 6.45) is 4.35. The summed E-state index contributed by atoms with van der Waals surface area (Å²) in [5.41, 5.74) is 16.5. The van der Waals surface area contributed by atoms with Crippen LogP contribution in [0.1, 0.15) is 18.5 Å². The molecular weight excluding hydrogens is 182 g/mol. The Bertz CT molecular complexity index is 302. The predicted octanol–water partition coefficient (Wildman–Crippen LogP) is -0.139. The quantitative estimate of drug-likeness (QED) is 0.345. The number of aryl methyl sites for hydroxylation is 1. The van der Waals surface area contributed by atoms with Gasteiger partial charge in [-0.15, -0.1) is 0 Å². The molecule has 0 aliphatic carbocycles. The van der Waals surface area contributed by atoms with E-state index in [4.69, 9.17) is 21.6 Å². The summed E-state index contributed by atoms with van der Waals surface area (Å²) in [5, 5.41) is 0. The molecule has 0 aliphatic heterocycles. The molecule has 0 amide bonds. The maximum Gasteiger partial charge on any atom is 0.325 e. The molecule has 0 aliphatic rings. The van der Waals surface area contributed by atoms with E-state index in [0.717, 1.165) is 25.0 Å². The van der Waals surface area contributed by atoms with Crippen LogP contribution in [0.5, 0.6) is 0 Å². The number of nitrogens with two attached hydrogens (primary N) is 3. The number of unbranched alkanes of at least 4 members (excludes halogenated alkanes) is 1. The molecule has 1 aromatic heterocycles. The number of hydrogen-bond donors (Lipinski definition) is 3. The topological polar surface area (TPSA) is 116 Å². The van der Waals surface area contributed by atoms with Crippen LogP contribution in [0.3, 0.4) is 0 Å². The number of oxazole rings is 1. The lowest BCUT2D eigenvalue weighted by molar-refractivity contribution is 0.567. The molecule has 0 atom stereocenters. The summed E-state index contributed by atoms with van der Waals surface area (Å²) in [6.45, 7) is 0.693. The molecule has 0 saturated carbocycles. The fourth-order valence-corrected chi connectivity index (χ4v) is 1.02. The normalized spacial score (nSPS) is 10.1. The molecule has 6 N–H and O–H groups in total. The first-order valence-electron chi connectivity index (χ1n) is 4.46. The van der Waals surface area contributed by atoms with Crippen LogP contribution in [0.2, 0.25) is 0 Å². The van der Waals surface area contributed by atoms with Crippen LogP contribution in [-0.2, 0) is 6.42 Å². The van der Waals surface area contributed by atoms with Crippen molar-refractivity contribution >= 4 is 12.0 Å². The SMILES string of the molecule is NCCCCc1coc(N=C(N)N)n1. The summed E-state index contributed by atoms with van der Waals surface area (Å²) in [4.78, 5) is 7.75. The van der Waals surface area contributed by atoms with Gasteiger partial charge < -0.3 is 21.6 Å². The van der Waals surface area contributed by atoms with E-state index < -0.39 is 0 Å². The third-order valence-electron chi connectivity index (χ3n) is 1.65. The average Bonchev–Trinajstić information content (AvgIpc) is 2.52. The molecule has 1 heterocycles. The van der Waals surface area contributed by atoms with Crippen LogP contribution < -0.4 is 17.2 Å². The van der Waals surface area contributed by atoms with Crippen LogP contribution >= 0.6 is 0 Å². The van der Waals surface area contributed by atoms with Crippen molar-refractivity contribution in [2.75, 3.05) is 6.54 Å². The largest absolute Gasteiger partial charge is 0.430 e. The van der Waals surface area contributed by atoms with Crippen molar-refractivity contribution in [1.82, 2.24) is 4.98 Å². The summed E-state index contributed by atoms with van der Waals surface area (Å²) in [7, 11) is 0. The number of hydrogen-bond acceptors (Lipinski definition) is 4. The Labute approximate surface area is 82.2 Å².